The highest BCUT2D eigenvalue weighted by atomic mass is 35.5. The molecule has 0 aliphatic rings. The predicted molar refractivity (Wildman–Crippen MR) is 87.8 cm³/mol. The van der Waals surface area contributed by atoms with Gasteiger partial charge in [-0.3, -0.25) is 0 Å². The number of aromatic nitrogens is 1. The van der Waals surface area contributed by atoms with Crippen LogP contribution in [-0.2, 0) is 6.54 Å². The van der Waals surface area contributed by atoms with Crippen molar-refractivity contribution in [3.8, 4) is 0 Å². The van der Waals surface area contributed by atoms with E-state index in [1.165, 1.54) is 5.56 Å². The molecule has 0 aliphatic carbocycles. The van der Waals surface area contributed by atoms with Crippen molar-refractivity contribution in [2.24, 2.45) is 0 Å². The van der Waals surface area contributed by atoms with Gasteiger partial charge in [0.25, 0.3) is 0 Å². The highest BCUT2D eigenvalue weighted by Gasteiger charge is 2.11. The summed E-state index contributed by atoms with van der Waals surface area (Å²) < 4.78 is 0. The lowest BCUT2D eigenvalue weighted by Gasteiger charge is -2.16. The fourth-order valence-corrected chi connectivity index (χ4v) is 3.14. The van der Waals surface area contributed by atoms with Crippen LogP contribution in [0.15, 0.2) is 29.6 Å². The summed E-state index contributed by atoms with van der Waals surface area (Å²) in [6.45, 7) is 6.00. The summed E-state index contributed by atoms with van der Waals surface area (Å²) in [5, 5.41) is 7.31. The fraction of sp³-hybridized carbons (Fsp3) is 0.400. The number of rotatable bonds is 6. The monoisotopic (exact) mass is 309 g/mol. The van der Waals surface area contributed by atoms with Gasteiger partial charge in [-0.25, -0.2) is 4.98 Å². The topological polar surface area (TPSA) is 28.2 Å². The maximum Gasteiger partial charge on any atom is 0.185 e. The molecule has 2 rings (SSSR count). The molecule has 108 valence electrons. The zero-order valence-electron chi connectivity index (χ0n) is 12.1. The van der Waals surface area contributed by atoms with Crippen molar-refractivity contribution in [3.05, 3.63) is 45.9 Å². The van der Waals surface area contributed by atoms with Crippen LogP contribution < -0.4 is 10.2 Å². The second-order valence-electron chi connectivity index (χ2n) is 4.82. The van der Waals surface area contributed by atoms with Gasteiger partial charge in [0.1, 0.15) is 0 Å². The van der Waals surface area contributed by atoms with Crippen LogP contribution in [0.5, 0.6) is 0 Å². The van der Waals surface area contributed by atoms with Gasteiger partial charge < -0.3 is 10.2 Å². The molecule has 0 saturated heterocycles. The zero-order chi connectivity index (χ0) is 14.5. The van der Waals surface area contributed by atoms with E-state index in [1.807, 2.05) is 18.2 Å². The third kappa shape index (κ3) is 3.95. The van der Waals surface area contributed by atoms with E-state index >= 15 is 0 Å². The molecule has 1 unspecified atom stereocenters. The molecular weight excluding hydrogens is 290 g/mol. The fourth-order valence-electron chi connectivity index (χ4n) is 2.04. The van der Waals surface area contributed by atoms with Gasteiger partial charge in [-0.15, -0.1) is 11.3 Å². The van der Waals surface area contributed by atoms with E-state index in [0.717, 1.165) is 28.9 Å². The molecule has 1 aromatic carbocycles. The predicted octanol–water partition coefficient (Wildman–Crippen LogP) is 4.10. The van der Waals surface area contributed by atoms with E-state index in [0.29, 0.717) is 6.04 Å². The average molecular weight is 310 g/mol. The number of nitrogens with one attached hydrogen (secondary N) is 1. The van der Waals surface area contributed by atoms with Crippen LogP contribution >= 0.6 is 22.9 Å². The summed E-state index contributed by atoms with van der Waals surface area (Å²) in [6.07, 6.45) is 0. The van der Waals surface area contributed by atoms with E-state index in [4.69, 9.17) is 16.6 Å². The first kappa shape index (κ1) is 15.3. The van der Waals surface area contributed by atoms with Crippen LogP contribution in [0.2, 0.25) is 5.02 Å². The number of halogens is 1. The molecule has 0 aliphatic heterocycles. The first-order valence-electron chi connectivity index (χ1n) is 6.74. The quantitative estimate of drug-likeness (QED) is 0.870. The van der Waals surface area contributed by atoms with Crippen molar-refractivity contribution in [1.82, 2.24) is 10.3 Å². The van der Waals surface area contributed by atoms with Crippen molar-refractivity contribution < 1.29 is 0 Å². The lowest BCUT2D eigenvalue weighted by molar-refractivity contribution is 0.586. The van der Waals surface area contributed by atoms with E-state index in [1.54, 1.807) is 11.3 Å². The number of hydrogen-bond acceptors (Lipinski definition) is 4. The lowest BCUT2D eigenvalue weighted by atomic mass is 10.2. The van der Waals surface area contributed by atoms with Gasteiger partial charge in [0.2, 0.25) is 0 Å². The highest BCUT2D eigenvalue weighted by Crippen LogP contribution is 2.24. The first-order valence-corrected chi connectivity index (χ1v) is 8.00. The second kappa shape index (κ2) is 7.07. The lowest BCUT2D eigenvalue weighted by Crippen LogP contribution is -2.19. The molecule has 1 N–H and O–H groups in total. The van der Waals surface area contributed by atoms with Gasteiger partial charge in [-0.1, -0.05) is 30.7 Å². The van der Waals surface area contributed by atoms with E-state index in [9.17, 15) is 0 Å². The summed E-state index contributed by atoms with van der Waals surface area (Å²) in [5.41, 5.74) is 2.29. The third-order valence-corrected chi connectivity index (χ3v) is 4.31. The Balaban J connectivity index is 2.04. The summed E-state index contributed by atoms with van der Waals surface area (Å²) in [6, 6.07) is 8.24. The Morgan fingerprint density at radius 1 is 1.45 bits per heavy atom. The Morgan fingerprint density at radius 2 is 2.25 bits per heavy atom. The molecule has 20 heavy (non-hydrogen) atoms. The summed E-state index contributed by atoms with van der Waals surface area (Å²) in [4.78, 5) is 6.85. The Hall–Kier alpha value is -1.10. The Labute approximate surface area is 129 Å². The molecule has 0 bridgehead atoms. The number of anilines is 1. The number of thiazole rings is 1. The van der Waals surface area contributed by atoms with Crippen molar-refractivity contribution in [3.63, 3.8) is 0 Å². The maximum absolute atomic E-state index is 6.01. The molecule has 0 fully saturated rings. The van der Waals surface area contributed by atoms with Crippen LogP contribution in [0, 0.1) is 0 Å². The van der Waals surface area contributed by atoms with Gasteiger partial charge in [0, 0.05) is 30.0 Å². The SMILES string of the molecule is CCNC(C)c1csc(N(C)Cc2cccc(Cl)c2)n1. The second-order valence-corrected chi connectivity index (χ2v) is 6.09. The van der Waals surface area contributed by atoms with Gasteiger partial charge in [-0.05, 0) is 31.2 Å². The molecule has 1 heterocycles. The van der Waals surface area contributed by atoms with Gasteiger partial charge >= 0.3 is 0 Å². The number of benzene rings is 1. The van der Waals surface area contributed by atoms with Gasteiger partial charge in [0.15, 0.2) is 5.13 Å². The van der Waals surface area contributed by atoms with Crippen LogP contribution in [0.1, 0.15) is 31.1 Å². The molecule has 1 atom stereocenters. The minimum absolute atomic E-state index is 0.296. The normalized spacial score (nSPS) is 12.4. The molecular formula is C15H20ClN3S. The first-order chi connectivity index (χ1) is 9.60. The maximum atomic E-state index is 6.01. The largest absolute Gasteiger partial charge is 0.347 e. The zero-order valence-corrected chi connectivity index (χ0v) is 13.6. The third-order valence-electron chi connectivity index (χ3n) is 3.10. The summed E-state index contributed by atoms with van der Waals surface area (Å²) >= 11 is 7.69. The molecule has 5 heteroatoms. The van der Waals surface area contributed by atoms with Gasteiger partial charge in [0.05, 0.1) is 5.69 Å². The van der Waals surface area contributed by atoms with E-state index in [-0.39, 0.29) is 0 Å². The van der Waals surface area contributed by atoms with Crippen molar-refractivity contribution in [2.75, 3.05) is 18.5 Å². The highest BCUT2D eigenvalue weighted by molar-refractivity contribution is 7.13. The van der Waals surface area contributed by atoms with E-state index < -0.39 is 0 Å². The molecule has 0 spiro atoms. The molecule has 3 nitrogen and oxygen atoms in total. The van der Waals surface area contributed by atoms with Crippen molar-refractivity contribution >= 4 is 28.1 Å². The smallest absolute Gasteiger partial charge is 0.185 e. The van der Waals surface area contributed by atoms with Crippen LogP contribution in [0.25, 0.3) is 0 Å². The minimum atomic E-state index is 0.296. The summed E-state index contributed by atoms with van der Waals surface area (Å²) in [7, 11) is 2.06. The van der Waals surface area contributed by atoms with Crippen LogP contribution in [0.4, 0.5) is 5.13 Å². The average Bonchev–Trinajstić information content (AvgIpc) is 2.88. The van der Waals surface area contributed by atoms with Gasteiger partial charge in [-0.2, -0.15) is 0 Å². The summed E-state index contributed by atoms with van der Waals surface area (Å²) in [5.74, 6) is 0. The molecule has 1 aromatic heterocycles. The molecule has 0 amide bonds. The Morgan fingerprint density at radius 3 is 2.95 bits per heavy atom. The Kier molecular flexibility index (Phi) is 5.40. The molecule has 2 aromatic rings. The van der Waals surface area contributed by atoms with Crippen LogP contribution in [0.3, 0.4) is 0 Å². The standard InChI is InChI=1S/C15H20ClN3S/c1-4-17-11(2)14-10-20-15(18-14)19(3)9-12-6-5-7-13(16)8-12/h5-8,10-11,17H,4,9H2,1-3H3. The Bertz CT molecular complexity index is 556. The number of nitrogens with zero attached hydrogens (tertiary/aromatic N) is 2. The van der Waals surface area contributed by atoms with E-state index in [2.05, 4.69) is 42.6 Å². The van der Waals surface area contributed by atoms with Crippen molar-refractivity contribution in [1.29, 1.82) is 0 Å². The minimum Gasteiger partial charge on any atom is -0.347 e. The number of hydrogen-bond donors (Lipinski definition) is 1. The van der Waals surface area contributed by atoms with Crippen LogP contribution in [-0.4, -0.2) is 18.6 Å². The van der Waals surface area contributed by atoms with Crippen molar-refractivity contribution in [2.45, 2.75) is 26.4 Å². The molecule has 0 saturated carbocycles. The molecule has 0 radical (unpaired) electrons.